The second-order valence-corrected chi connectivity index (χ2v) is 4.00. The summed E-state index contributed by atoms with van der Waals surface area (Å²) in [6.45, 7) is 2.07. The van der Waals surface area contributed by atoms with Crippen LogP contribution in [0.2, 0.25) is 0 Å². The number of carbonyl (C=O) groups is 2. The van der Waals surface area contributed by atoms with Crippen LogP contribution >= 0.6 is 0 Å². The molecule has 5 heteroatoms. The summed E-state index contributed by atoms with van der Waals surface area (Å²) in [5, 5.41) is 8.96. The lowest BCUT2D eigenvalue weighted by Crippen LogP contribution is -2.27. The van der Waals surface area contributed by atoms with E-state index in [0.29, 0.717) is 24.3 Å². The number of hydrogen-bond donors (Lipinski definition) is 1. The highest BCUT2D eigenvalue weighted by Gasteiger charge is 2.26. The van der Waals surface area contributed by atoms with Crippen LogP contribution in [0.15, 0.2) is 18.2 Å². The number of aliphatic carboxylic acids is 1. The molecule has 0 fully saturated rings. The summed E-state index contributed by atoms with van der Waals surface area (Å²) in [6.07, 6.45) is -0.336. The van der Waals surface area contributed by atoms with Gasteiger partial charge in [0.1, 0.15) is 17.1 Å². The maximum Gasteiger partial charge on any atom is 0.344 e. The second-order valence-electron chi connectivity index (χ2n) is 4.00. The molecule has 0 spiro atoms. The summed E-state index contributed by atoms with van der Waals surface area (Å²) in [4.78, 5) is 22.8. The molecule has 96 valence electrons. The molecule has 1 N–H and O–H groups in total. The SMILES string of the molecule is CCC(Oc1cccc2c1C(=O)CCO2)C(=O)O. The van der Waals surface area contributed by atoms with Gasteiger partial charge in [-0.3, -0.25) is 4.79 Å². The number of fused-ring (bicyclic) bond motifs is 1. The fourth-order valence-electron chi connectivity index (χ4n) is 1.84. The first-order valence-corrected chi connectivity index (χ1v) is 5.82. The summed E-state index contributed by atoms with van der Waals surface area (Å²) in [6, 6.07) is 4.96. The minimum Gasteiger partial charge on any atom is -0.492 e. The maximum atomic E-state index is 11.8. The van der Waals surface area contributed by atoms with Gasteiger partial charge in [-0.25, -0.2) is 4.79 Å². The highest BCUT2D eigenvalue weighted by Crippen LogP contribution is 2.33. The van der Waals surface area contributed by atoms with Crippen molar-refractivity contribution in [1.82, 2.24) is 0 Å². The normalized spacial score (nSPS) is 15.5. The van der Waals surface area contributed by atoms with Crippen molar-refractivity contribution in [2.75, 3.05) is 6.61 Å². The Hall–Kier alpha value is -2.04. The number of Topliss-reactive ketones (excluding diaryl/α,β-unsaturated/α-hetero) is 1. The van der Waals surface area contributed by atoms with E-state index >= 15 is 0 Å². The lowest BCUT2D eigenvalue weighted by atomic mass is 10.0. The molecule has 0 aliphatic carbocycles. The van der Waals surface area contributed by atoms with E-state index in [9.17, 15) is 9.59 Å². The molecule has 1 aromatic rings. The van der Waals surface area contributed by atoms with Crippen LogP contribution in [0.1, 0.15) is 30.1 Å². The zero-order chi connectivity index (χ0) is 13.1. The number of carboxylic acids is 1. The molecule has 5 nitrogen and oxygen atoms in total. The van der Waals surface area contributed by atoms with Gasteiger partial charge >= 0.3 is 5.97 Å². The first-order valence-electron chi connectivity index (χ1n) is 5.82. The van der Waals surface area contributed by atoms with E-state index in [4.69, 9.17) is 14.6 Å². The van der Waals surface area contributed by atoms with Gasteiger partial charge in [0.05, 0.1) is 6.61 Å². The van der Waals surface area contributed by atoms with Gasteiger partial charge < -0.3 is 14.6 Å². The number of ether oxygens (including phenoxy) is 2. The Bertz CT molecular complexity index is 480. The van der Waals surface area contributed by atoms with Gasteiger partial charge in [-0.1, -0.05) is 13.0 Å². The van der Waals surface area contributed by atoms with Crippen molar-refractivity contribution in [3.05, 3.63) is 23.8 Å². The molecule has 0 amide bonds. The highest BCUT2D eigenvalue weighted by molar-refractivity contribution is 6.02. The molecule has 1 aliphatic heterocycles. The summed E-state index contributed by atoms with van der Waals surface area (Å²) in [5.41, 5.74) is 0.350. The van der Waals surface area contributed by atoms with Crippen molar-refractivity contribution in [2.45, 2.75) is 25.9 Å². The predicted octanol–water partition coefficient (Wildman–Crippen LogP) is 1.89. The Morgan fingerprint density at radius 2 is 2.33 bits per heavy atom. The first kappa shape index (κ1) is 12.4. The Labute approximate surface area is 104 Å². The molecule has 0 bridgehead atoms. The van der Waals surface area contributed by atoms with Crippen molar-refractivity contribution in [3.63, 3.8) is 0 Å². The van der Waals surface area contributed by atoms with E-state index in [0.717, 1.165) is 0 Å². The van der Waals surface area contributed by atoms with E-state index in [1.54, 1.807) is 25.1 Å². The van der Waals surface area contributed by atoms with Crippen molar-refractivity contribution < 1.29 is 24.2 Å². The average Bonchev–Trinajstić information content (AvgIpc) is 2.35. The number of carboxylic acid groups (broad SMARTS) is 1. The summed E-state index contributed by atoms with van der Waals surface area (Å²) >= 11 is 0. The quantitative estimate of drug-likeness (QED) is 0.883. The number of benzene rings is 1. The van der Waals surface area contributed by atoms with Crippen LogP contribution in [0.4, 0.5) is 0 Å². The molecular formula is C13H14O5. The standard InChI is InChI=1S/C13H14O5/c1-2-9(13(15)16)18-11-5-3-4-10-12(11)8(14)6-7-17-10/h3-5,9H,2,6-7H2,1H3,(H,15,16). The predicted molar refractivity (Wildman–Crippen MR) is 63.2 cm³/mol. The van der Waals surface area contributed by atoms with Gasteiger partial charge in [-0.05, 0) is 18.6 Å². The molecule has 0 aromatic heterocycles. The van der Waals surface area contributed by atoms with E-state index < -0.39 is 12.1 Å². The molecule has 0 saturated carbocycles. The van der Waals surface area contributed by atoms with Crippen LogP contribution in [0, 0.1) is 0 Å². The van der Waals surface area contributed by atoms with Gasteiger partial charge in [0.25, 0.3) is 0 Å². The Morgan fingerprint density at radius 1 is 1.56 bits per heavy atom. The molecule has 2 rings (SSSR count). The Balaban J connectivity index is 2.34. The van der Waals surface area contributed by atoms with E-state index in [2.05, 4.69) is 0 Å². The van der Waals surface area contributed by atoms with Crippen molar-refractivity contribution in [3.8, 4) is 11.5 Å². The molecule has 0 radical (unpaired) electrons. The van der Waals surface area contributed by atoms with Gasteiger partial charge in [0.2, 0.25) is 0 Å². The van der Waals surface area contributed by atoms with Gasteiger partial charge in [0, 0.05) is 6.42 Å². The van der Waals surface area contributed by atoms with Crippen LogP contribution in [-0.4, -0.2) is 29.6 Å². The van der Waals surface area contributed by atoms with Crippen molar-refractivity contribution in [2.24, 2.45) is 0 Å². The maximum absolute atomic E-state index is 11.8. The Kier molecular flexibility index (Phi) is 3.50. The van der Waals surface area contributed by atoms with Crippen LogP contribution in [0.3, 0.4) is 0 Å². The van der Waals surface area contributed by atoms with Crippen molar-refractivity contribution in [1.29, 1.82) is 0 Å². The average molecular weight is 250 g/mol. The first-order chi connectivity index (χ1) is 8.63. The molecule has 1 aromatic carbocycles. The topological polar surface area (TPSA) is 72.8 Å². The molecule has 0 saturated heterocycles. The van der Waals surface area contributed by atoms with E-state index in [1.807, 2.05) is 0 Å². The second kappa shape index (κ2) is 5.08. The zero-order valence-corrected chi connectivity index (χ0v) is 10.0. The molecular weight excluding hydrogens is 236 g/mol. The van der Waals surface area contributed by atoms with Crippen molar-refractivity contribution >= 4 is 11.8 Å². The lowest BCUT2D eigenvalue weighted by Gasteiger charge is -2.21. The minimum absolute atomic E-state index is 0.0768. The highest BCUT2D eigenvalue weighted by atomic mass is 16.5. The fraction of sp³-hybridized carbons (Fsp3) is 0.385. The van der Waals surface area contributed by atoms with Crippen LogP contribution in [0.25, 0.3) is 0 Å². The summed E-state index contributed by atoms with van der Waals surface area (Å²) in [7, 11) is 0. The van der Waals surface area contributed by atoms with Gasteiger partial charge in [-0.2, -0.15) is 0 Å². The van der Waals surface area contributed by atoms with Gasteiger partial charge in [-0.15, -0.1) is 0 Å². The monoisotopic (exact) mass is 250 g/mol. The third-order valence-corrected chi connectivity index (χ3v) is 2.77. The molecule has 1 aliphatic rings. The molecule has 1 unspecified atom stereocenters. The zero-order valence-electron chi connectivity index (χ0n) is 10.0. The Morgan fingerprint density at radius 3 is 3.00 bits per heavy atom. The molecule has 1 atom stereocenters. The summed E-state index contributed by atoms with van der Waals surface area (Å²) < 4.78 is 10.8. The number of rotatable bonds is 4. The van der Waals surface area contributed by atoms with Crippen LogP contribution < -0.4 is 9.47 Å². The lowest BCUT2D eigenvalue weighted by molar-refractivity contribution is -0.145. The smallest absolute Gasteiger partial charge is 0.344 e. The molecule has 18 heavy (non-hydrogen) atoms. The molecule has 1 heterocycles. The minimum atomic E-state index is -1.04. The summed E-state index contributed by atoms with van der Waals surface area (Å²) in [5.74, 6) is -0.373. The van der Waals surface area contributed by atoms with E-state index in [-0.39, 0.29) is 18.0 Å². The van der Waals surface area contributed by atoms with Crippen LogP contribution in [-0.2, 0) is 4.79 Å². The van der Waals surface area contributed by atoms with Crippen LogP contribution in [0.5, 0.6) is 11.5 Å². The third-order valence-electron chi connectivity index (χ3n) is 2.77. The third kappa shape index (κ3) is 2.30. The largest absolute Gasteiger partial charge is 0.492 e. The fourth-order valence-corrected chi connectivity index (χ4v) is 1.84. The van der Waals surface area contributed by atoms with Gasteiger partial charge in [0.15, 0.2) is 11.9 Å². The number of carbonyl (C=O) groups excluding carboxylic acids is 1. The number of hydrogen-bond acceptors (Lipinski definition) is 4. The van der Waals surface area contributed by atoms with E-state index in [1.165, 1.54) is 0 Å². The number of ketones is 1.